The summed E-state index contributed by atoms with van der Waals surface area (Å²) in [4.78, 5) is 24.9. The number of methoxy groups -OCH3 is 1. The number of hydrogen-bond acceptors (Lipinski definition) is 4. The molecule has 5 nitrogen and oxygen atoms in total. The summed E-state index contributed by atoms with van der Waals surface area (Å²) in [5, 5.41) is 14.6. The first kappa shape index (κ1) is 23.2. The Bertz CT molecular complexity index is 1120. The molecule has 3 rings (SSSR count). The number of carboxylic acid groups (broad SMARTS) is 1. The summed E-state index contributed by atoms with van der Waals surface area (Å²) in [6.07, 6.45) is 0. The van der Waals surface area contributed by atoms with Crippen LogP contribution < -0.4 is 10.1 Å². The van der Waals surface area contributed by atoms with Gasteiger partial charge >= 0.3 is 5.97 Å². The Morgan fingerprint density at radius 3 is 2.38 bits per heavy atom. The van der Waals surface area contributed by atoms with Crippen LogP contribution in [0.4, 0.5) is 5.00 Å². The normalized spacial score (nSPS) is 10.7. The molecular formula is C19H11BrI3NO4S. The number of aromatic carboxylic acids is 1. The van der Waals surface area contributed by atoms with E-state index in [9.17, 15) is 14.7 Å². The van der Waals surface area contributed by atoms with Crippen LogP contribution in [-0.4, -0.2) is 24.1 Å². The number of carboxylic acids is 1. The standard InChI is InChI=1S/C19H11BrI3NO4S/c1-28-16-14(22)10(6-12(21)15(16)23)17(25)24-18-13(19(26)27)11(7-29-18)8-2-4-9(20)5-3-8/h2-7H,1H3,(H,24,25)(H,26,27). The van der Waals surface area contributed by atoms with Gasteiger partial charge in [0.2, 0.25) is 0 Å². The van der Waals surface area contributed by atoms with Crippen LogP contribution in [0.25, 0.3) is 11.1 Å². The molecule has 0 saturated heterocycles. The van der Waals surface area contributed by atoms with Crippen molar-refractivity contribution in [1.29, 1.82) is 0 Å². The molecule has 0 saturated carbocycles. The Hall–Kier alpha value is -0.450. The highest BCUT2D eigenvalue weighted by Crippen LogP contribution is 2.38. The third kappa shape index (κ3) is 4.91. The zero-order valence-corrected chi connectivity index (χ0v) is 23.4. The average molecular weight is 810 g/mol. The number of anilines is 1. The summed E-state index contributed by atoms with van der Waals surface area (Å²) in [7, 11) is 1.56. The Kier molecular flexibility index (Phi) is 7.83. The van der Waals surface area contributed by atoms with Crippen LogP contribution in [0.3, 0.4) is 0 Å². The summed E-state index contributed by atoms with van der Waals surface area (Å²) >= 11 is 11.0. The largest absolute Gasteiger partial charge is 0.494 e. The number of hydrogen-bond donors (Lipinski definition) is 2. The lowest BCUT2D eigenvalue weighted by Gasteiger charge is -2.13. The number of benzene rings is 2. The molecule has 29 heavy (non-hydrogen) atoms. The third-order valence-electron chi connectivity index (χ3n) is 3.95. The van der Waals surface area contributed by atoms with Gasteiger partial charge in [-0.05, 0) is 91.5 Å². The second-order valence-corrected chi connectivity index (χ2v) is 10.8. The number of nitrogens with one attached hydrogen (secondary N) is 1. The number of amides is 1. The van der Waals surface area contributed by atoms with E-state index in [-0.39, 0.29) is 11.5 Å². The predicted octanol–water partition coefficient (Wildman–Crippen LogP) is 6.95. The molecule has 1 heterocycles. The van der Waals surface area contributed by atoms with E-state index in [2.05, 4.69) is 89.0 Å². The maximum atomic E-state index is 13.0. The van der Waals surface area contributed by atoms with Crippen LogP contribution in [0.15, 0.2) is 40.2 Å². The van der Waals surface area contributed by atoms with Crippen molar-refractivity contribution in [1.82, 2.24) is 0 Å². The summed E-state index contributed by atoms with van der Waals surface area (Å²) < 4.78 is 8.82. The molecule has 2 aromatic carbocycles. The molecule has 0 spiro atoms. The number of rotatable bonds is 5. The molecule has 3 aromatic rings. The minimum atomic E-state index is -1.09. The van der Waals surface area contributed by atoms with E-state index < -0.39 is 5.97 Å². The first-order valence-electron chi connectivity index (χ1n) is 7.88. The Morgan fingerprint density at radius 1 is 1.14 bits per heavy atom. The number of ether oxygens (including phenoxy) is 1. The molecule has 10 heteroatoms. The van der Waals surface area contributed by atoms with E-state index in [1.54, 1.807) is 18.6 Å². The SMILES string of the molecule is COc1c(I)c(I)cc(C(=O)Nc2scc(-c3ccc(Br)cc3)c2C(=O)O)c1I. The van der Waals surface area contributed by atoms with E-state index >= 15 is 0 Å². The van der Waals surface area contributed by atoms with Crippen LogP contribution >= 0.6 is 95.0 Å². The molecule has 0 aliphatic rings. The van der Waals surface area contributed by atoms with Crippen molar-refractivity contribution in [3.05, 3.63) is 62.0 Å². The minimum absolute atomic E-state index is 0.0767. The fourth-order valence-corrected chi connectivity index (χ4v) is 6.43. The second kappa shape index (κ2) is 9.78. The second-order valence-electron chi connectivity index (χ2n) is 5.69. The first-order valence-corrected chi connectivity index (χ1v) is 12.8. The molecule has 0 bridgehead atoms. The average Bonchev–Trinajstić information content (AvgIpc) is 3.09. The van der Waals surface area contributed by atoms with Crippen molar-refractivity contribution >= 4 is 112 Å². The summed E-state index contributed by atoms with van der Waals surface area (Å²) in [5.74, 6) is -0.846. The summed E-state index contributed by atoms with van der Waals surface area (Å²) in [5.41, 5.74) is 1.84. The van der Waals surface area contributed by atoms with Crippen LogP contribution in [-0.2, 0) is 0 Å². The maximum Gasteiger partial charge on any atom is 0.339 e. The molecule has 0 unspecified atom stereocenters. The van der Waals surface area contributed by atoms with Gasteiger partial charge in [0, 0.05) is 19.0 Å². The van der Waals surface area contributed by atoms with Gasteiger partial charge in [0.25, 0.3) is 5.91 Å². The van der Waals surface area contributed by atoms with Crippen LogP contribution in [0.2, 0.25) is 0 Å². The fourth-order valence-electron chi connectivity index (χ4n) is 2.60. The minimum Gasteiger partial charge on any atom is -0.494 e. The molecule has 150 valence electrons. The van der Waals surface area contributed by atoms with Gasteiger partial charge in [-0.3, -0.25) is 4.79 Å². The molecule has 0 aliphatic heterocycles. The highest BCUT2D eigenvalue weighted by Gasteiger charge is 2.24. The fraction of sp³-hybridized carbons (Fsp3) is 0.0526. The van der Waals surface area contributed by atoms with Gasteiger partial charge in [0.15, 0.2) is 0 Å². The van der Waals surface area contributed by atoms with Gasteiger partial charge < -0.3 is 15.2 Å². The predicted molar refractivity (Wildman–Crippen MR) is 144 cm³/mol. The molecule has 0 atom stereocenters. The van der Waals surface area contributed by atoms with Crippen molar-refractivity contribution in [2.45, 2.75) is 0 Å². The quantitative estimate of drug-likeness (QED) is 0.216. The zero-order chi connectivity index (χ0) is 21.3. The molecule has 0 aliphatic carbocycles. The summed E-state index contributed by atoms with van der Waals surface area (Å²) in [6, 6.07) is 9.13. The van der Waals surface area contributed by atoms with Gasteiger partial charge in [-0.15, -0.1) is 11.3 Å². The highest BCUT2D eigenvalue weighted by molar-refractivity contribution is 14.1. The van der Waals surface area contributed by atoms with E-state index in [0.29, 0.717) is 25.4 Å². The number of carbonyl (C=O) groups excluding carboxylic acids is 1. The Balaban J connectivity index is 2.01. The van der Waals surface area contributed by atoms with Crippen molar-refractivity contribution in [2.75, 3.05) is 12.4 Å². The van der Waals surface area contributed by atoms with Crippen molar-refractivity contribution < 1.29 is 19.4 Å². The van der Waals surface area contributed by atoms with E-state index in [4.69, 9.17) is 4.74 Å². The van der Waals surface area contributed by atoms with Gasteiger partial charge in [-0.1, -0.05) is 28.1 Å². The number of thiophene rings is 1. The molecule has 0 radical (unpaired) electrons. The Morgan fingerprint density at radius 2 is 1.79 bits per heavy atom. The van der Waals surface area contributed by atoms with Gasteiger partial charge in [-0.25, -0.2) is 4.79 Å². The zero-order valence-electron chi connectivity index (χ0n) is 14.6. The van der Waals surface area contributed by atoms with E-state index in [1.807, 2.05) is 24.3 Å². The van der Waals surface area contributed by atoms with Gasteiger partial charge in [-0.2, -0.15) is 0 Å². The third-order valence-corrected chi connectivity index (χ3v) is 9.40. The lowest BCUT2D eigenvalue weighted by molar-refractivity contribution is 0.0699. The van der Waals surface area contributed by atoms with Gasteiger partial charge in [0.1, 0.15) is 16.3 Å². The van der Waals surface area contributed by atoms with Crippen LogP contribution in [0.1, 0.15) is 20.7 Å². The van der Waals surface area contributed by atoms with Crippen molar-refractivity contribution in [3.8, 4) is 16.9 Å². The number of halogens is 4. The molecular weight excluding hydrogens is 799 g/mol. The highest BCUT2D eigenvalue weighted by atomic mass is 127. The molecule has 0 fully saturated rings. The smallest absolute Gasteiger partial charge is 0.339 e. The van der Waals surface area contributed by atoms with Crippen LogP contribution in [0.5, 0.6) is 5.75 Å². The Labute approximate surface area is 220 Å². The molecule has 1 aromatic heterocycles. The van der Waals surface area contributed by atoms with Crippen LogP contribution in [0, 0.1) is 10.7 Å². The van der Waals surface area contributed by atoms with Crippen molar-refractivity contribution in [3.63, 3.8) is 0 Å². The van der Waals surface area contributed by atoms with Gasteiger partial charge in [0.05, 0.1) is 19.8 Å². The topological polar surface area (TPSA) is 75.6 Å². The number of carbonyl (C=O) groups is 2. The van der Waals surface area contributed by atoms with Crippen molar-refractivity contribution in [2.24, 2.45) is 0 Å². The molecule has 1 amide bonds. The van der Waals surface area contributed by atoms with E-state index in [0.717, 1.165) is 17.2 Å². The maximum absolute atomic E-state index is 13.0. The lowest BCUT2D eigenvalue weighted by Crippen LogP contribution is -2.16. The van der Waals surface area contributed by atoms with E-state index in [1.165, 1.54) is 11.3 Å². The molecule has 2 N–H and O–H groups in total. The summed E-state index contributed by atoms with van der Waals surface area (Å²) in [6.45, 7) is 0. The monoisotopic (exact) mass is 809 g/mol. The first-order chi connectivity index (χ1) is 13.7. The lowest BCUT2D eigenvalue weighted by atomic mass is 10.0.